The van der Waals surface area contributed by atoms with E-state index in [2.05, 4.69) is 5.32 Å². The Kier molecular flexibility index (Phi) is 7.13. The van der Waals surface area contributed by atoms with Crippen LogP contribution in [0.3, 0.4) is 0 Å². The Morgan fingerprint density at radius 2 is 2.12 bits per heavy atom. The summed E-state index contributed by atoms with van der Waals surface area (Å²) in [4.78, 5) is 12.6. The van der Waals surface area contributed by atoms with Crippen molar-refractivity contribution >= 4 is 29.3 Å². The smallest absolute Gasteiger partial charge is 0.230 e. The number of carbonyl (C=O) groups excluding carboxylic acids is 1. The number of hydrogen-bond acceptors (Lipinski definition) is 2. The highest BCUT2D eigenvalue weighted by Gasteiger charge is 2.04. The predicted octanol–water partition coefficient (Wildman–Crippen LogP) is 3.30. The standard InChI is InChI=1S/C13H18ClNOS/c1-2-11(14)8-9-15-13(16)10-17-12-6-4-3-5-7-12/h3-7,11H,2,8-10H2,1H3,(H,15,16). The molecule has 0 saturated heterocycles. The van der Waals surface area contributed by atoms with Crippen LogP contribution in [0.5, 0.6) is 0 Å². The third-order valence-corrected chi connectivity index (χ3v) is 3.87. The van der Waals surface area contributed by atoms with Crippen LogP contribution in [0.1, 0.15) is 19.8 Å². The van der Waals surface area contributed by atoms with E-state index in [0.29, 0.717) is 12.3 Å². The van der Waals surface area contributed by atoms with E-state index in [1.54, 1.807) is 11.8 Å². The second kappa shape index (κ2) is 8.43. The first-order valence-electron chi connectivity index (χ1n) is 5.81. The number of alkyl halides is 1. The summed E-state index contributed by atoms with van der Waals surface area (Å²) in [5.74, 6) is 0.530. The van der Waals surface area contributed by atoms with Crippen molar-refractivity contribution in [3.8, 4) is 0 Å². The van der Waals surface area contributed by atoms with Crippen molar-refractivity contribution in [2.75, 3.05) is 12.3 Å². The predicted molar refractivity (Wildman–Crippen MR) is 74.7 cm³/mol. The second-order valence-corrected chi connectivity index (χ2v) is 5.41. The number of rotatable bonds is 7. The summed E-state index contributed by atoms with van der Waals surface area (Å²) in [6, 6.07) is 9.92. The highest BCUT2D eigenvalue weighted by molar-refractivity contribution is 8.00. The van der Waals surface area contributed by atoms with Gasteiger partial charge in [0.2, 0.25) is 5.91 Å². The average molecular weight is 272 g/mol. The zero-order valence-electron chi connectivity index (χ0n) is 9.99. The number of halogens is 1. The molecular weight excluding hydrogens is 254 g/mol. The number of amides is 1. The van der Waals surface area contributed by atoms with Gasteiger partial charge in [-0.15, -0.1) is 23.4 Å². The van der Waals surface area contributed by atoms with Crippen molar-refractivity contribution in [2.24, 2.45) is 0 Å². The Morgan fingerprint density at radius 3 is 2.76 bits per heavy atom. The maximum absolute atomic E-state index is 11.5. The maximum atomic E-state index is 11.5. The number of thioether (sulfide) groups is 1. The molecule has 1 unspecified atom stereocenters. The largest absolute Gasteiger partial charge is 0.355 e. The minimum atomic E-state index is 0.0684. The Bertz CT molecular complexity index is 331. The third kappa shape index (κ3) is 6.59. The molecule has 0 aromatic heterocycles. The van der Waals surface area contributed by atoms with E-state index in [1.165, 1.54) is 0 Å². The maximum Gasteiger partial charge on any atom is 0.230 e. The van der Waals surface area contributed by atoms with Crippen molar-refractivity contribution in [3.63, 3.8) is 0 Å². The molecule has 1 rings (SSSR count). The second-order valence-electron chi connectivity index (χ2n) is 3.75. The fourth-order valence-electron chi connectivity index (χ4n) is 1.29. The summed E-state index contributed by atoms with van der Waals surface area (Å²) in [6.07, 6.45) is 1.77. The Morgan fingerprint density at radius 1 is 1.41 bits per heavy atom. The van der Waals surface area contributed by atoms with Gasteiger partial charge in [0.05, 0.1) is 5.75 Å². The summed E-state index contributed by atoms with van der Waals surface area (Å²) in [6.45, 7) is 2.71. The van der Waals surface area contributed by atoms with E-state index >= 15 is 0 Å². The highest BCUT2D eigenvalue weighted by atomic mass is 35.5. The molecule has 2 nitrogen and oxygen atoms in total. The van der Waals surface area contributed by atoms with Crippen molar-refractivity contribution in [2.45, 2.75) is 30.0 Å². The lowest BCUT2D eigenvalue weighted by Crippen LogP contribution is -2.27. The van der Waals surface area contributed by atoms with E-state index in [-0.39, 0.29) is 11.3 Å². The van der Waals surface area contributed by atoms with Gasteiger partial charge in [0, 0.05) is 16.8 Å². The first kappa shape index (κ1) is 14.4. The average Bonchev–Trinajstić information content (AvgIpc) is 2.37. The van der Waals surface area contributed by atoms with E-state index in [4.69, 9.17) is 11.6 Å². The molecule has 0 aliphatic heterocycles. The van der Waals surface area contributed by atoms with Gasteiger partial charge in [0.25, 0.3) is 0 Å². The summed E-state index contributed by atoms with van der Waals surface area (Å²) < 4.78 is 0. The summed E-state index contributed by atoms with van der Waals surface area (Å²) in [7, 11) is 0. The lowest BCUT2D eigenvalue weighted by molar-refractivity contribution is -0.118. The number of benzene rings is 1. The summed E-state index contributed by atoms with van der Waals surface area (Å²) >= 11 is 7.51. The topological polar surface area (TPSA) is 29.1 Å². The van der Waals surface area contributed by atoms with Gasteiger partial charge in [-0.3, -0.25) is 4.79 Å². The lowest BCUT2D eigenvalue weighted by atomic mass is 10.2. The highest BCUT2D eigenvalue weighted by Crippen LogP contribution is 2.16. The molecule has 0 bridgehead atoms. The number of hydrogen-bond donors (Lipinski definition) is 1. The summed E-state index contributed by atoms with van der Waals surface area (Å²) in [5, 5.41) is 3.04. The fraction of sp³-hybridized carbons (Fsp3) is 0.462. The molecule has 4 heteroatoms. The first-order chi connectivity index (χ1) is 8.22. The van der Waals surface area contributed by atoms with Crippen LogP contribution >= 0.6 is 23.4 Å². The van der Waals surface area contributed by atoms with Gasteiger partial charge in [-0.2, -0.15) is 0 Å². The Hall–Kier alpha value is -0.670. The van der Waals surface area contributed by atoms with Crippen LogP contribution in [0.2, 0.25) is 0 Å². The van der Waals surface area contributed by atoms with Gasteiger partial charge >= 0.3 is 0 Å². The number of nitrogens with one attached hydrogen (secondary N) is 1. The zero-order chi connectivity index (χ0) is 12.5. The Labute approximate surface area is 112 Å². The molecule has 0 heterocycles. The van der Waals surface area contributed by atoms with E-state index in [9.17, 15) is 4.79 Å². The molecular formula is C13H18ClNOS. The van der Waals surface area contributed by atoms with Gasteiger partial charge in [-0.05, 0) is 25.0 Å². The molecule has 1 N–H and O–H groups in total. The van der Waals surface area contributed by atoms with E-state index < -0.39 is 0 Å². The van der Waals surface area contributed by atoms with Gasteiger partial charge in [-0.25, -0.2) is 0 Å². The van der Waals surface area contributed by atoms with Crippen LogP contribution in [0.25, 0.3) is 0 Å². The van der Waals surface area contributed by atoms with Crippen LogP contribution in [0.4, 0.5) is 0 Å². The minimum absolute atomic E-state index is 0.0684. The van der Waals surface area contributed by atoms with Crippen molar-refractivity contribution in [1.29, 1.82) is 0 Å². The first-order valence-corrected chi connectivity index (χ1v) is 7.23. The van der Waals surface area contributed by atoms with Crippen molar-refractivity contribution < 1.29 is 4.79 Å². The monoisotopic (exact) mass is 271 g/mol. The molecule has 0 aliphatic carbocycles. The quantitative estimate of drug-likeness (QED) is 0.609. The molecule has 1 aromatic rings. The minimum Gasteiger partial charge on any atom is -0.355 e. The fourth-order valence-corrected chi connectivity index (χ4v) is 2.15. The van der Waals surface area contributed by atoms with Gasteiger partial charge in [-0.1, -0.05) is 25.1 Å². The van der Waals surface area contributed by atoms with Crippen LogP contribution in [-0.4, -0.2) is 23.6 Å². The van der Waals surface area contributed by atoms with E-state index in [1.807, 2.05) is 37.3 Å². The molecule has 0 fully saturated rings. The summed E-state index contributed by atoms with van der Waals surface area (Å²) in [5.41, 5.74) is 0. The van der Waals surface area contributed by atoms with Crippen LogP contribution in [-0.2, 0) is 4.79 Å². The molecule has 94 valence electrons. The van der Waals surface area contributed by atoms with Gasteiger partial charge < -0.3 is 5.32 Å². The molecule has 1 amide bonds. The van der Waals surface area contributed by atoms with Crippen LogP contribution in [0.15, 0.2) is 35.2 Å². The number of carbonyl (C=O) groups is 1. The van der Waals surface area contributed by atoms with Crippen molar-refractivity contribution in [1.82, 2.24) is 5.32 Å². The SMILES string of the molecule is CCC(Cl)CCNC(=O)CSc1ccccc1. The normalized spacial score (nSPS) is 12.1. The molecule has 0 radical (unpaired) electrons. The van der Waals surface area contributed by atoms with Gasteiger partial charge in [0.15, 0.2) is 0 Å². The third-order valence-electron chi connectivity index (χ3n) is 2.34. The molecule has 1 atom stereocenters. The van der Waals surface area contributed by atoms with Gasteiger partial charge in [0.1, 0.15) is 0 Å². The Balaban J connectivity index is 2.13. The van der Waals surface area contributed by atoms with Crippen LogP contribution in [0, 0.1) is 0 Å². The molecule has 1 aromatic carbocycles. The molecule has 0 aliphatic rings. The van der Waals surface area contributed by atoms with E-state index in [0.717, 1.165) is 17.7 Å². The lowest BCUT2D eigenvalue weighted by Gasteiger charge is -2.07. The zero-order valence-corrected chi connectivity index (χ0v) is 11.6. The molecule has 0 saturated carbocycles. The van der Waals surface area contributed by atoms with Crippen LogP contribution < -0.4 is 5.32 Å². The molecule has 17 heavy (non-hydrogen) atoms. The molecule has 0 spiro atoms. The van der Waals surface area contributed by atoms with Crippen molar-refractivity contribution in [3.05, 3.63) is 30.3 Å².